The number of ether oxygens (including phenoxy) is 1. The van der Waals surface area contributed by atoms with Gasteiger partial charge in [-0.1, -0.05) is 0 Å². The molecule has 0 unspecified atom stereocenters. The summed E-state index contributed by atoms with van der Waals surface area (Å²) in [5.41, 5.74) is -0.883. The number of fused-ring (bicyclic) bond motifs is 3. The summed E-state index contributed by atoms with van der Waals surface area (Å²) in [6, 6.07) is 2.25. The van der Waals surface area contributed by atoms with E-state index in [-0.39, 0.29) is 36.6 Å². The minimum absolute atomic E-state index is 0.0131. The summed E-state index contributed by atoms with van der Waals surface area (Å²) in [5.74, 6) is -1.09. The average molecular weight is 346 g/mol. The number of rotatable bonds is 2. The molecule has 3 rings (SSSR count). The molecule has 0 radical (unpaired) electrons. The van der Waals surface area contributed by atoms with Gasteiger partial charge in [0.25, 0.3) is 0 Å². The van der Waals surface area contributed by atoms with Gasteiger partial charge in [0.05, 0.1) is 30.7 Å². The molecule has 2 fully saturated rings. The van der Waals surface area contributed by atoms with Crippen molar-refractivity contribution in [3.63, 3.8) is 0 Å². The van der Waals surface area contributed by atoms with Crippen LogP contribution in [0.1, 0.15) is 11.1 Å². The molecular formula is C16H18F4N2O2. The van der Waals surface area contributed by atoms with E-state index < -0.39 is 17.6 Å². The van der Waals surface area contributed by atoms with E-state index in [0.717, 1.165) is 18.2 Å². The maximum atomic E-state index is 14.0. The minimum atomic E-state index is -4.51. The van der Waals surface area contributed by atoms with Crippen LogP contribution in [0.2, 0.25) is 0 Å². The van der Waals surface area contributed by atoms with Crippen LogP contribution < -0.4 is 0 Å². The predicted octanol–water partition coefficient (Wildman–Crippen LogP) is 2.13. The average Bonchev–Trinajstić information content (AvgIpc) is 2.67. The second-order valence-electron chi connectivity index (χ2n) is 6.34. The number of benzene rings is 1. The zero-order valence-electron chi connectivity index (χ0n) is 13.1. The van der Waals surface area contributed by atoms with Crippen LogP contribution in [0.25, 0.3) is 0 Å². The molecule has 2 heterocycles. The first-order valence-electron chi connectivity index (χ1n) is 7.68. The highest BCUT2D eigenvalue weighted by molar-refractivity contribution is 5.79. The second-order valence-corrected chi connectivity index (χ2v) is 6.34. The van der Waals surface area contributed by atoms with Gasteiger partial charge in [0, 0.05) is 32.2 Å². The van der Waals surface area contributed by atoms with Gasteiger partial charge in [0.2, 0.25) is 5.91 Å². The van der Waals surface area contributed by atoms with Gasteiger partial charge in [-0.25, -0.2) is 4.39 Å². The number of hydrogen-bond donors (Lipinski definition) is 0. The van der Waals surface area contributed by atoms with Crippen molar-refractivity contribution in [2.45, 2.75) is 18.8 Å². The van der Waals surface area contributed by atoms with Crippen molar-refractivity contribution in [2.75, 3.05) is 33.4 Å². The maximum absolute atomic E-state index is 14.0. The van der Waals surface area contributed by atoms with Gasteiger partial charge in [-0.15, -0.1) is 0 Å². The van der Waals surface area contributed by atoms with Gasteiger partial charge in [0.15, 0.2) is 0 Å². The van der Waals surface area contributed by atoms with E-state index in [1.165, 1.54) is 0 Å². The zero-order valence-corrected chi connectivity index (χ0v) is 13.1. The van der Waals surface area contributed by atoms with Crippen LogP contribution in [-0.2, 0) is 22.3 Å². The van der Waals surface area contributed by atoms with Crippen LogP contribution in [0.4, 0.5) is 17.6 Å². The summed E-state index contributed by atoms with van der Waals surface area (Å²) in [5, 5.41) is 0. The van der Waals surface area contributed by atoms with Crippen LogP contribution in [0, 0.1) is 11.7 Å². The van der Waals surface area contributed by atoms with Gasteiger partial charge in [0.1, 0.15) is 5.82 Å². The number of carbonyl (C=O) groups excluding carboxylic acids is 1. The Morgan fingerprint density at radius 2 is 2.00 bits per heavy atom. The molecule has 0 aromatic heterocycles. The molecule has 8 heteroatoms. The third-order valence-electron chi connectivity index (χ3n) is 4.59. The molecule has 132 valence electrons. The maximum Gasteiger partial charge on any atom is 0.416 e. The van der Waals surface area contributed by atoms with E-state index in [1.807, 2.05) is 4.90 Å². The molecule has 1 aromatic carbocycles. The third kappa shape index (κ3) is 3.39. The Hall–Kier alpha value is -1.67. The smallest absolute Gasteiger partial charge is 0.378 e. The Bertz CT molecular complexity index is 635. The lowest BCUT2D eigenvalue weighted by Gasteiger charge is -2.29. The van der Waals surface area contributed by atoms with Crippen molar-refractivity contribution in [1.82, 2.24) is 9.80 Å². The van der Waals surface area contributed by atoms with E-state index in [9.17, 15) is 22.4 Å². The molecule has 4 nitrogen and oxygen atoms in total. The number of alkyl halides is 3. The van der Waals surface area contributed by atoms with E-state index in [4.69, 9.17) is 4.74 Å². The third-order valence-corrected chi connectivity index (χ3v) is 4.59. The second kappa shape index (κ2) is 6.33. The Labute approximate surface area is 137 Å². The normalized spacial score (nSPS) is 25.7. The molecule has 2 bridgehead atoms. The van der Waals surface area contributed by atoms with E-state index in [0.29, 0.717) is 19.7 Å². The van der Waals surface area contributed by atoms with Crippen LogP contribution in [0.3, 0.4) is 0 Å². The van der Waals surface area contributed by atoms with E-state index >= 15 is 0 Å². The van der Waals surface area contributed by atoms with Gasteiger partial charge < -0.3 is 9.64 Å². The van der Waals surface area contributed by atoms with Crippen LogP contribution >= 0.6 is 0 Å². The summed E-state index contributed by atoms with van der Waals surface area (Å²) >= 11 is 0. The fraction of sp³-hybridized carbons (Fsp3) is 0.562. The fourth-order valence-electron chi connectivity index (χ4n) is 3.23. The monoisotopic (exact) mass is 346 g/mol. The SMILES string of the molecule is CN1C(=O)[C@H]2COC[C@@H]1CN(Cc1cc(C(F)(F)F)ccc1F)C2. The molecule has 0 aliphatic carbocycles. The molecule has 2 atom stereocenters. The lowest BCUT2D eigenvalue weighted by Crippen LogP contribution is -2.43. The van der Waals surface area contributed by atoms with Crippen LogP contribution in [0.5, 0.6) is 0 Å². The number of nitrogens with zero attached hydrogens (tertiary/aromatic N) is 2. The first kappa shape index (κ1) is 17.2. The van der Waals surface area contributed by atoms with Gasteiger partial charge >= 0.3 is 6.18 Å². The van der Waals surface area contributed by atoms with Crippen molar-refractivity contribution in [3.8, 4) is 0 Å². The molecular weight excluding hydrogens is 328 g/mol. The molecule has 1 amide bonds. The highest BCUT2D eigenvalue weighted by Gasteiger charge is 2.37. The quantitative estimate of drug-likeness (QED) is 0.769. The summed E-state index contributed by atoms with van der Waals surface area (Å²) in [6.45, 7) is 1.47. The van der Waals surface area contributed by atoms with Crippen molar-refractivity contribution in [2.24, 2.45) is 5.92 Å². The van der Waals surface area contributed by atoms with Crippen LogP contribution in [-0.4, -0.2) is 55.1 Å². The summed E-state index contributed by atoms with van der Waals surface area (Å²) in [4.78, 5) is 15.7. The molecule has 0 N–H and O–H groups in total. The Morgan fingerprint density at radius 3 is 2.71 bits per heavy atom. The lowest BCUT2D eigenvalue weighted by molar-refractivity contribution is -0.137. The summed E-state index contributed by atoms with van der Waals surface area (Å²) in [6.07, 6.45) is -4.51. The first-order chi connectivity index (χ1) is 11.3. The highest BCUT2D eigenvalue weighted by Crippen LogP contribution is 2.31. The Kier molecular flexibility index (Phi) is 4.52. The largest absolute Gasteiger partial charge is 0.416 e. The van der Waals surface area contributed by atoms with Crippen molar-refractivity contribution < 1.29 is 27.1 Å². The van der Waals surface area contributed by atoms with Gasteiger partial charge in [-0.3, -0.25) is 9.69 Å². The van der Waals surface area contributed by atoms with Crippen molar-refractivity contribution in [1.29, 1.82) is 0 Å². The number of likely N-dealkylation sites (N-methyl/N-ethyl adjacent to an activating group) is 1. The van der Waals surface area contributed by atoms with Crippen molar-refractivity contribution in [3.05, 3.63) is 35.1 Å². The zero-order chi connectivity index (χ0) is 17.5. The predicted molar refractivity (Wildman–Crippen MR) is 77.5 cm³/mol. The number of amides is 1. The molecule has 2 aliphatic rings. The molecule has 1 aromatic rings. The minimum Gasteiger partial charge on any atom is -0.378 e. The Balaban J connectivity index is 1.83. The van der Waals surface area contributed by atoms with Crippen LogP contribution in [0.15, 0.2) is 18.2 Å². The molecule has 2 aliphatic heterocycles. The van der Waals surface area contributed by atoms with E-state index in [2.05, 4.69) is 0 Å². The molecule has 24 heavy (non-hydrogen) atoms. The van der Waals surface area contributed by atoms with Crippen molar-refractivity contribution >= 4 is 5.91 Å². The lowest BCUT2D eigenvalue weighted by atomic mass is 10.1. The molecule has 0 saturated carbocycles. The first-order valence-corrected chi connectivity index (χ1v) is 7.68. The fourth-order valence-corrected chi connectivity index (χ4v) is 3.23. The van der Waals surface area contributed by atoms with Gasteiger partial charge in [-0.2, -0.15) is 13.2 Å². The van der Waals surface area contributed by atoms with E-state index in [1.54, 1.807) is 11.9 Å². The summed E-state index contributed by atoms with van der Waals surface area (Å²) < 4.78 is 57.9. The molecule has 0 spiro atoms. The number of carbonyl (C=O) groups is 1. The standard InChI is InChI=1S/C16H18F4N2O2/c1-21-13-7-22(6-11(15(21)23)8-24-9-13)5-10-4-12(16(18,19)20)2-3-14(10)17/h2-4,11,13H,5-9H2,1H3/t11-,13+/m1/s1. The highest BCUT2D eigenvalue weighted by atomic mass is 19.4. The Morgan fingerprint density at radius 1 is 1.25 bits per heavy atom. The number of hydrogen-bond acceptors (Lipinski definition) is 3. The van der Waals surface area contributed by atoms with Gasteiger partial charge in [-0.05, 0) is 18.2 Å². The number of halogens is 4. The topological polar surface area (TPSA) is 32.8 Å². The summed E-state index contributed by atoms with van der Waals surface area (Å²) in [7, 11) is 1.70. The molecule has 2 saturated heterocycles.